The Hall–Kier alpha value is -1.71. The van der Waals surface area contributed by atoms with Crippen LogP contribution in [-0.4, -0.2) is 14.8 Å². The summed E-state index contributed by atoms with van der Waals surface area (Å²) >= 11 is 0. The van der Waals surface area contributed by atoms with Crippen LogP contribution in [-0.2, 0) is 7.05 Å². The highest BCUT2D eigenvalue weighted by molar-refractivity contribution is 5.54. The molecule has 0 N–H and O–H groups in total. The van der Waals surface area contributed by atoms with Gasteiger partial charge >= 0.3 is 0 Å². The molecule has 13 heavy (non-hydrogen) atoms. The van der Waals surface area contributed by atoms with Crippen LogP contribution in [0.1, 0.15) is 0 Å². The van der Waals surface area contributed by atoms with E-state index in [4.69, 9.17) is 0 Å². The molecule has 2 aromatic rings. The second-order valence-corrected chi connectivity index (χ2v) is 2.69. The zero-order chi connectivity index (χ0) is 9.26. The number of rotatable bonds is 1. The van der Waals surface area contributed by atoms with E-state index >= 15 is 0 Å². The van der Waals surface area contributed by atoms with E-state index in [1.807, 2.05) is 0 Å². The fourth-order valence-electron chi connectivity index (χ4n) is 1.10. The van der Waals surface area contributed by atoms with Crippen molar-refractivity contribution in [2.45, 2.75) is 0 Å². The summed E-state index contributed by atoms with van der Waals surface area (Å²) in [7, 11) is 1.79. The first-order valence-electron chi connectivity index (χ1n) is 3.80. The Labute approximate surface area is 74.8 Å². The molecule has 1 aromatic carbocycles. The van der Waals surface area contributed by atoms with Crippen molar-refractivity contribution in [2.75, 3.05) is 0 Å². The lowest BCUT2D eigenvalue weighted by molar-refractivity contribution is 0.628. The van der Waals surface area contributed by atoms with Crippen molar-refractivity contribution >= 4 is 0 Å². The molecule has 65 valence electrons. The van der Waals surface area contributed by atoms with Gasteiger partial charge in [-0.05, 0) is 24.3 Å². The van der Waals surface area contributed by atoms with Gasteiger partial charge in [0.25, 0.3) is 0 Å². The third-order valence-corrected chi connectivity index (χ3v) is 1.76. The van der Waals surface area contributed by atoms with E-state index in [1.165, 1.54) is 12.1 Å². The SMILES string of the molecule is Cn1[c]nnc1-c1ccc(F)cc1. The minimum atomic E-state index is -0.255. The second kappa shape index (κ2) is 2.97. The second-order valence-electron chi connectivity index (χ2n) is 2.69. The molecule has 0 unspecified atom stereocenters. The number of halogens is 1. The molecule has 1 aromatic heterocycles. The van der Waals surface area contributed by atoms with Crippen LogP contribution in [0.15, 0.2) is 24.3 Å². The van der Waals surface area contributed by atoms with Gasteiger partial charge < -0.3 is 4.57 Å². The highest BCUT2D eigenvalue weighted by Gasteiger charge is 2.03. The maximum atomic E-state index is 12.6. The maximum Gasteiger partial charge on any atom is 0.202 e. The molecule has 0 aliphatic rings. The highest BCUT2D eigenvalue weighted by atomic mass is 19.1. The number of aromatic nitrogens is 3. The summed E-state index contributed by atoms with van der Waals surface area (Å²) in [5.41, 5.74) is 0.831. The molecule has 0 atom stereocenters. The lowest BCUT2D eigenvalue weighted by Gasteiger charge is -1.98. The van der Waals surface area contributed by atoms with Crippen molar-refractivity contribution in [2.24, 2.45) is 7.05 Å². The van der Waals surface area contributed by atoms with Gasteiger partial charge in [-0.1, -0.05) is 0 Å². The molecular formula is C9H7FN3. The predicted octanol–water partition coefficient (Wildman–Crippen LogP) is 1.42. The Kier molecular flexibility index (Phi) is 1.81. The quantitative estimate of drug-likeness (QED) is 0.657. The van der Waals surface area contributed by atoms with Crippen LogP contribution in [0.25, 0.3) is 11.4 Å². The topological polar surface area (TPSA) is 30.7 Å². The van der Waals surface area contributed by atoms with E-state index in [-0.39, 0.29) is 5.82 Å². The Morgan fingerprint density at radius 3 is 2.54 bits per heavy atom. The van der Waals surface area contributed by atoms with E-state index in [0.29, 0.717) is 5.82 Å². The molecule has 1 radical (unpaired) electrons. The van der Waals surface area contributed by atoms with Crippen LogP contribution in [0.5, 0.6) is 0 Å². The fraction of sp³-hybridized carbons (Fsp3) is 0.111. The third kappa shape index (κ3) is 1.42. The summed E-state index contributed by atoms with van der Waals surface area (Å²) in [6.45, 7) is 0. The van der Waals surface area contributed by atoms with Gasteiger partial charge in [-0.25, -0.2) is 4.39 Å². The van der Waals surface area contributed by atoms with Crippen molar-refractivity contribution in [3.8, 4) is 11.4 Å². The average Bonchev–Trinajstić information content (AvgIpc) is 2.53. The Morgan fingerprint density at radius 2 is 2.00 bits per heavy atom. The predicted molar refractivity (Wildman–Crippen MR) is 45.2 cm³/mol. The molecule has 0 aliphatic heterocycles. The minimum absolute atomic E-state index is 0.255. The van der Waals surface area contributed by atoms with E-state index in [1.54, 1.807) is 23.7 Å². The molecular weight excluding hydrogens is 169 g/mol. The molecule has 0 fully saturated rings. The first kappa shape index (κ1) is 7.91. The molecule has 0 bridgehead atoms. The third-order valence-electron chi connectivity index (χ3n) is 1.76. The van der Waals surface area contributed by atoms with Crippen LogP contribution in [0.4, 0.5) is 4.39 Å². The van der Waals surface area contributed by atoms with E-state index in [0.717, 1.165) is 5.56 Å². The van der Waals surface area contributed by atoms with Gasteiger partial charge in [0.2, 0.25) is 6.33 Å². The van der Waals surface area contributed by atoms with Gasteiger partial charge in [-0.15, -0.1) is 10.2 Å². The van der Waals surface area contributed by atoms with E-state index < -0.39 is 0 Å². The molecule has 0 spiro atoms. The summed E-state index contributed by atoms with van der Waals surface area (Å²) < 4.78 is 14.2. The number of hydrogen-bond acceptors (Lipinski definition) is 2. The Balaban J connectivity index is 2.47. The molecule has 0 saturated heterocycles. The molecule has 0 aliphatic carbocycles. The van der Waals surface area contributed by atoms with E-state index in [9.17, 15) is 4.39 Å². The summed E-state index contributed by atoms with van der Waals surface area (Å²) in [6, 6.07) is 6.11. The molecule has 4 heteroatoms. The monoisotopic (exact) mass is 176 g/mol. The Bertz CT molecular complexity index is 405. The summed E-state index contributed by atoms with van der Waals surface area (Å²) in [6.07, 6.45) is 2.64. The standard InChI is InChI=1S/C9H7FN3/c1-13-6-11-12-9(13)7-2-4-8(10)5-3-7/h2-5H,1H3. The molecule has 2 rings (SSSR count). The largest absolute Gasteiger partial charge is 0.307 e. The highest BCUT2D eigenvalue weighted by Crippen LogP contribution is 2.15. The minimum Gasteiger partial charge on any atom is -0.307 e. The first-order chi connectivity index (χ1) is 6.27. The lowest BCUT2D eigenvalue weighted by atomic mass is 10.2. The normalized spacial score (nSPS) is 10.3. The molecule has 0 saturated carbocycles. The van der Waals surface area contributed by atoms with Gasteiger partial charge in [0, 0.05) is 12.6 Å². The molecule has 0 amide bonds. The van der Waals surface area contributed by atoms with Crippen molar-refractivity contribution in [3.05, 3.63) is 36.4 Å². The Morgan fingerprint density at radius 1 is 1.31 bits per heavy atom. The zero-order valence-corrected chi connectivity index (χ0v) is 7.03. The smallest absolute Gasteiger partial charge is 0.202 e. The van der Waals surface area contributed by atoms with Crippen molar-refractivity contribution in [1.29, 1.82) is 0 Å². The number of hydrogen-bond donors (Lipinski definition) is 0. The van der Waals surface area contributed by atoms with Crippen LogP contribution in [0, 0.1) is 12.1 Å². The summed E-state index contributed by atoms with van der Waals surface area (Å²) in [5, 5.41) is 7.47. The van der Waals surface area contributed by atoms with E-state index in [2.05, 4.69) is 16.5 Å². The van der Waals surface area contributed by atoms with Gasteiger partial charge in [-0.2, -0.15) is 0 Å². The zero-order valence-electron chi connectivity index (χ0n) is 7.03. The summed E-state index contributed by atoms with van der Waals surface area (Å²) in [5.74, 6) is 0.426. The maximum absolute atomic E-state index is 12.6. The van der Waals surface area contributed by atoms with Crippen LogP contribution >= 0.6 is 0 Å². The number of nitrogens with zero attached hydrogens (tertiary/aromatic N) is 3. The fourth-order valence-corrected chi connectivity index (χ4v) is 1.10. The van der Waals surface area contributed by atoms with Crippen molar-refractivity contribution in [3.63, 3.8) is 0 Å². The first-order valence-corrected chi connectivity index (χ1v) is 3.80. The average molecular weight is 176 g/mol. The molecule has 3 nitrogen and oxygen atoms in total. The van der Waals surface area contributed by atoms with Gasteiger partial charge in [0.15, 0.2) is 5.82 Å². The van der Waals surface area contributed by atoms with Crippen LogP contribution < -0.4 is 0 Å². The van der Waals surface area contributed by atoms with Gasteiger partial charge in [-0.3, -0.25) is 0 Å². The van der Waals surface area contributed by atoms with Crippen LogP contribution in [0.2, 0.25) is 0 Å². The van der Waals surface area contributed by atoms with Gasteiger partial charge in [0.05, 0.1) is 0 Å². The summed E-state index contributed by atoms with van der Waals surface area (Å²) in [4.78, 5) is 0. The van der Waals surface area contributed by atoms with Gasteiger partial charge in [0.1, 0.15) is 5.82 Å². The van der Waals surface area contributed by atoms with Crippen molar-refractivity contribution < 1.29 is 4.39 Å². The number of benzene rings is 1. The lowest BCUT2D eigenvalue weighted by Crippen LogP contribution is -1.91. The van der Waals surface area contributed by atoms with Crippen molar-refractivity contribution in [1.82, 2.24) is 14.8 Å². The van der Waals surface area contributed by atoms with Crippen LogP contribution in [0.3, 0.4) is 0 Å². The number of aryl methyl sites for hydroxylation is 1. The molecule has 1 heterocycles.